The molecular formula is C19H21N5O4S. The Labute approximate surface area is 173 Å². The van der Waals surface area contributed by atoms with Crippen molar-refractivity contribution in [2.24, 2.45) is 0 Å². The van der Waals surface area contributed by atoms with E-state index in [-0.39, 0.29) is 16.4 Å². The van der Waals surface area contributed by atoms with Crippen LogP contribution < -0.4 is 21.1 Å². The van der Waals surface area contributed by atoms with Gasteiger partial charge in [-0.05, 0) is 42.9 Å². The van der Waals surface area contributed by atoms with E-state index in [0.717, 1.165) is 11.3 Å². The van der Waals surface area contributed by atoms with Gasteiger partial charge in [-0.2, -0.15) is 0 Å². The molecule has 0 aliphatic carbocycles. The maximum absolute atomic E-state index is 12.4. The van der Waals surface area contributed by atoms with Gasteiger partial charge in [0.2, 0.25) is 0 Å². The van der Waals surface area contributed by atoms with E-state index in [0.29, 0.717) is 32.0 Å². The number of nitrogens with zero attached hydrogens (tertiary/aromatic N) is 2. The summed E-state index contributed by atoms with van der Waals surface area (Å²) in [7, 11) is 0. The first-order valence-corrected chi connectivity index (χ1v) is 9.40. The molecule has 2 aromatic rings. The lowest BCUT2D eigenvalue weighted by Crippen LogP contribution is -2.43. The van der Waals surface area contributed by atoms with Gasteiger partial charge in [0.15, 0.2) is 5.11 Å². The number of nitro groups is 1. The van der Waals surface area contributed by atoms with E-state index in [1.54, 1.807) is 12.1 Å². The van der Waals surface area contributed by atoms with Gasteiger partial charge in [-0.3, -0.25) is 25.8 Å². The van der Waals surface area contributed by atoms with Crippen LogP contribution in [0, 0.1) is 17.0 Å². The molecule has 0 bridgehead atoms. The summed E-state index contributed by atoms with van der Waals surface area (Å²) in [5.74, 6) is -0.532. The topological polar surface area (TPSA) is 109 Å². The maximum Gasteiger partial charge on any atom is 0.293 e. The fourth-order valence-corrected chi connectivity index (χ4v) is 3.10. The molecule has 10 heteroatoms. The highest BCUT2D eigenvalue weighted by molar-refractivity contribution is 7.80. The molecule has 29 heavy (non-hydrogen) atoms. The number of rotatable bonds is 4. The molecular weight excluding hydrogens is 394 g/mol. The predicted molar refractivity (Wildman–Crippen MR) is 114 cm³/mol. The Balaban J connectivity index is 1.65. The number of carbonyl (C=O) groups excluding carboxylic acids is 1. The summed E-state index contributed by atoms with van der Waals surface area (Å²) in [5.41, 5.74) is 7.37. The number of nitrogens with one attached hydrogen (secondary N) is 3. The van der Waals surface area contributed by atoms with Crippen LogP contribution in [0.5, 0.6) is 0 Å². The van der Waals surface area contributed by atoms with Crippen molar-refractivity contribution in [3.63, 3.8) is 0 Å². The quantitative estimate of drug-likeness (QED) is 0.397. The molecule has 0 atom stereocenters. The van der Waals surface area contributed by atoms with E-state index in [2.05, 4.69) is 16.2 Å². The summed E-state index contributed by atoms with van der Waals surface area (Å²) in [4.78, 5) is 25.3. The zero-order valence-electron chi connectivity index (χ0n) is 15.8. The van der Waals surface area contributed by atoms with Crippen molar-refractivity contribution < 1.29 is 14.5 Å². The molecule has 1 aliphatic rings. The van der Waals surface area contributed by atoms with Crippen molar-refractivity contribution in [1.29, 1.82) is 0 Å². The highest BCUT2D eigenvalue weighted by Crippen LogP contribution is 2.29. The van der Waals surface area contributed by atoms with Gasteiger partial charge in [0, 0.05) is 30.4 Å². The maximum atomic E-state index is 12.4. The van der Waals surface area contributed by atoms with Crippen LogP contribution in [0.2, 0.25) is 0 Å². The molecule has 0 spiro atoms. The number of benzene rings is 2. The van der Waals surface area contributed by atoms with Gasteiger partial charge in [-0.1, -0.05) is 18.2 Å². The van der Waals surface area contributed by atoms with Crippen LogP contribution in [0.4, 0.5) is 17.1 Å². The highest BCUT2D eigenvalue weighted by Gasteiger charge is 2.23. The van der Waals surface area contributed by atoms with Gasteiger partial charge in [0.1, 0.15) is 5.69 Å². The summed E-state index contributed by atoms with van der Waals surface area (Å²) in [6.07, 6.45) is 0. The molecule has 1 fully saturated rings. The van der Waals surface area contributed by atoms with Gasteiger partial charge in [-0.25, -0.2) is 0 Å². The molecule has 1 aliphatic heterocycles. The average molecular weight is 415 g/mol. The molecule has 0 unspecified atom stereocenters. The second-order valence-corrected chi connectivity index (χ2v) is 6.82. The molecule has 1 saturated heterocycles. The minimum absolute atomic E-state index is 0.125. The van der Waals surface area contributed by atoms with Crippen molar-refractivity contribution in [2.75, 3.05) is 36.5 Å². The minimum Gasteiger partial charge on any atom is -0.378 e. The number of anilines is 2. The lowest BCUT2D eigenvalue weighted by Gasteiger charge is -2.28. The van der Waals surface area contributed by atoms with Gasteiger partial charge in [0.05, 0.1) is 18.1 Å². The van der Waals surface area contributed by atoms with Crippen LogP contribution in [-0.2, 0) is 4.74 Å². The molecule has 2 aromatic carbocycles. The van der Waals surface area contributed by atoms with Crippen LogP contribution in [0.1, 0.15) is 15.9 Å². The van der Waals surface area contributed by atoms with E-state index in [1.165, 1.54) is 6.07 Å². The number of para-hydroxylation sites is 1. The average Bonchev–Trinajstić information content (AvgIpc) is 2.74. The molecule has 1 heterocycles. The van der Waals surface area contributed by atoms with Crippen molar-refractivity contribution in [3.05, 3.63) is 63.7 Å². The van der Waals surface area contributed by atoms with E-state index < -0.39 is 10.8 Å². The van der Waals surface area contributed by atoms with Crippen LogP contribution in [0.3, 0.4) is 0 Å². The number of amides is 1. The van der Waals surface area contributed by atoms with Crippen molar-refractivity contribution >= 4 is 40.3 Å². The summed E-state index contributed by atoms with van der Waals surface area (Å²) in [5, 5.41) is 14.7. The Morgan fingerprint density at radius 2 is 1.90 bits per heavy atom. The van der Waals surface area contributed by atoms with Crippen LogP contribution in [0.25, 0.3) is 0 Å². The van der Waals surface area contributed by atoms with Gasteiger partial charge in [0.25, 0.3) is 11.6 Å². The number of hydrazine groups is 1. The molecule has 1 amide bonds. The van der Waals surface area contributed by atoms with Crippen molar-refractivity contribution in [1.82, 2.24) is 10.9 Å². The second-order valence-electron chi connectivity index (χ2n) is 6.41. The Morgan fingerprint density at radius 3 is 2.59 bits per heavy atom. The number of ether oxygens (including phenoxy) is 1. The molecule has 3 N–H and O–H groups in total. The zero-order valence-corrected chi connectivity index (χ0v) is 16.6. The predicted octanol–water partition coefficient (Wildman–Crippen LogP) is 2.37. The summed E-state index contributed by atoms with van der Waals surface area (Å²) in [6.45, 7) is 4.07. The van der Waals surface area contributed by atoms with Crippen LogP contribution in [0.15, 0.2) is 42.5 Å². The lowest BCUT2D eigenvalue weighted by molar-refractivity contribution is -0.384. The van der Waals surface area contributed by atoms with E-state index in [4.69, 9.17) is 17.0 Å². The monoisotopic (exact) mass is 415 g/mol. The summed E-state index contributed by atoms with van der Waals surface area (Å²) >= 11 is 5.17. The van der Waals surface area contributed by atoms with E-state index in [1.807, 2.05) is 36.1 Å². The Kier molecular flexibility index (Phi) is 6.57. The number of aryl methyl sites for hydroxylation is 1. The van der Waals surface area contributed by atoms with Gasteiger partial charge < -0.3 is 15.0 Å². The Morgan fingerprint density at radius 1 is 1.17 bits per heavy atom. The largest absolute Gasteiger partial charge is 0.378 e. The number of thiocarbonyl (C=S) groups is 1. The lowest BCUT2D eigenvalue weighted by atomic mass is 10.1. The van der Waals surface area contributed by atoms with E-state index >= 15 is 0 Å². The number of hydrogen-bond acceptors (Lipinski definition) is 6. The molecule has 9 nitrogen and oxygen atoms in total. The third-order valence-electron chi connectivity index (χ3n) is 4.47. The summed E-state index contributed by atoms with van der Waals surface area (Å²) in [6, 6.07) is 12.0. The number of morpholine rings is 1. The van der Waals surface area contributed by atoms with Crippen molar-refractivity contribution in [2.45, 2.75) is 6.92 Å². The van der Waals surface area contributed by atoms with Crippen LogP contribution in [-0.4, -0.2) is 42.2 Å². The fourth-order valence-electron chi connectivity index (χ4n) is 2.93. The summed E-state index contributed by atoms with van der Waals surface area (Å²) < 4.78 is 5.29. The smallest absolute Gasteiger partial charge is 0.293 e. The first-order chi connectivity index (χ1) is 14.0. The minimum atomic E-state index is -0.532. The fraction of sp³-hybridized carbons (Fsp3) is 0.263. The van der Waals surface area contributed by atoms with Gasteiger partial charge >= 0.3 is 0 Å². The Hall–Kier alpha value is -3.24. The first kappa shape index (κ1) is 20.5. The molecule has 0 radical (unpaired) electrons. The Bertz CT molecular complexity index is 931. The molecule has 152 valence electrons. The SMILES string of the molecule is Cc1ccccc1NC(=S)NNC(=O)c1ccc(N2CCOCC2)c([N+](=O)[O-])c1. The highest BCUT2D eigenvalue weighted by atomic mass is 32.1. The standard InChI is InChI=1S/C19H21N5O4S/c1-13-4-2-3-5-15(13)20-19(29)22-21-18(25)14-6-7-16(17(12-14)24(26)27)23-8-10-28-11-9-23/h2-7,12H,8-11H2,1H3,(H,21,25)(H2,20,22,29). The normalized spacial score (nSPS) is 13.5. The van der Waals surface area contributed by atoms with E-state index in [9.17, 15) is 14.9 Å². The number of carbonyl (C=O) groups is 1. The molecule has 0 saturated carbocycles. The molecule has 3 rings (SSSR count). The second kappa shape index (κ2) is 9.30. The third kappa shape index (κ3) is 5.18. The van der Waals surface area contributed by atoms with Gasteiger partial charge in [-0.15, -0.1) is 0 Å². The number of hydrogen-bond donors (Lipinski definition) is 3. The first-order valence-electron chi connectivity index (χ1n) is 9.00. The van der Waals surface area contributed by atoms with Crippen molar-refractivity contribution in [3.8, 4) is 0 Å². The molecule has 0 aromatic heterocycles. The third-order valence-corrected chi connectivity index (χ3v) is 4.67. The van der Waals surface area contributed by atoms with Crippen LogP contribution >= 0.6 is 12.2 Å². The number of nitro benzene ring substituents is 1. The zero-order chi connectivity index (χ0) is 20.8.